The van der Waals surface area contributed by atoms with Crippen LogP contribution in [-0.2, 0) is 0 Å². The van der Waals surface area contributed by atoms with Gasteiger partial charge in [-0.05, 0) is 44.4 Å². The van der Waals surface area contributed by atoms with Gasteiger partial charge in [-0.1, -0.05) is 32.6 Å². The first-order valence-electron chi connectivity index (χ1n) is 7.04. The number of thioether (sulfide) groups is 1. The molecule has 1 heteroatoms. The summed E-state index contributed by atoms with van der Waals surface area (Å²) in [6.45, 7) is 2.36. The Morgan fingerprint density at radius 1 is 0.800 bits per heavy atom. The zero-order valence-corrected chi connectivity index (χ0v) is 11.0. The van der Waals surface area contributed by atoms with Crippen LogP contribution >= 0.6 is 11.8 Å². The maximum absolute atomic E-state index is 2.36. The Morgan fingerprint density at radius 3 is 2.00 bits per heavy atom. The molecule has 2 aliphatic rings. The van der Waals surface area contributed by atoms with E-state index in [1.807, 2.05) is 0 Å². The van der Waals surface area contributed by atoms with Crippen LogP contribution in [0.1, 0.15) is 71.1 Å². The van der Waals surface area contributed by atoms with Gasteiger partial charge in [-0.15, -0.1) is 0 Å². The van der Waals surface area contributed by atoms with Crippen molar-refractivity contribution in [1.82, 2.24) is 0 Å². The minimum absolute atomic E-state index is 1.02. The van der Waals surface area contributed by atoms with Crippen LogP contribution in [0.2, 0.25) is 0 Å². The average molecular weight is 226 g/mol. The normalized spacial score (nSPS) is 34.2. The largest absolute Gasteiger partial charge is 0.155 e. The van der Waals surface area contributed by atoms with Crippen molar-refractivity contribution in [2.24, 2.45) is 5.92 Å². The van der Waals surface area contributed by atoms with Crippen LogP contribution < -0.4 is 0 Å². The lowest BCUT2D eigenvalue weighted by Gasteiger charge is -2.31. The van der Waals surface area contributed by atoms with Gasteiger partial charge in [0.05, 0.1) is 0 Å². The first-order valence-corrected chi connectivity index (χ1v) is 7.98. The van der Waals surface area contributed by atoms with Gasteiger partial charge < -0.3 is 0 Å². The van der Waals surface area contributed by atoms with Crippen molar-refractivity contribution in [3.8, 4) is 0 Å². The van der Waals surface area contributed by atoms with Crippen molar-refractivity contribution >= 4 is 11.8 Å². The van der Waals surface area contributed by atoms with Crippen molar-refractivity contribution in [2.75, 3.05) is 0 Å². The minimum atomic E-state index is 1.02. The molecule has 2 saturated carbocycles. The fourth-order valence-electron chi connectivity index (χ4n) is 3.15. The molecule has 2 aliphatic carbocycles. The van der Waals surface area contributed by atoms with Crippen LogP contribution in [0.3, 0.4) is 0 Å². The highest BCUT2D eigenvalue weighted by atomic mass is 32.2. The van der Waals surface area contributed by atoms with Crippen molar-refractivity contribution in [1.29, 1.82) is 0 Å². The lowest BCUT2D eigenvalue weighted by molar-refractivity contribution is 0.355. The Labute approximate surface area is 99.6 Å². The second kappa shape index (κ2) is 6.18. The third-order valence-electron chi connectivity index (χ3n) is 4.31. The van der Waals surface area contributed by atoms with Crippen LogP contribution in [0.25, 0.3) is 0 Å². The number of rotatable bonds is 3. The van der Waals surface area contributed by atoms with E-state index in [9.17, 15) is 0 Å². The topological polar surface area (TPSA) is 0 Å². The van der Waals surface area contributed by atoms with Gasteiger partial charge in [0.25, 0.3) is 0 Å². The second-order valence-electron chi connectivity index (χ2n) is 5.45. The van der Waals surface area contributed by atoms with E-state index in [2.05, 4.69) is 18.7 Å². The molecule has 0 saturated heterocycles. The summed E-state index contributed by atoms with van der Waals surface area (Å²) in [5.74, 6) is 1.06. The molecule has 0 aromatic carbocycles. The second-order valence-corrected chi connectivity index (χ2v) is 7.05. The zero-order valence-electron chi connectivity index (χ0n) is 10.2. The molecule has 0 aliphatic heterocycles. The molecule has 0 bridgehead atoms. The van der Waals surface area contributed by atoms with Gasteiger partial charge in [0.15, 0.2) is 0 Å². The van der Waals surface area contributed by atoms with E-state index in [0.717, 1.165) is 16.4 Å². The molecule has 0 unspecified atom stereocenters. The first-order chi connectivity index (χ1) is 7.38. The molecule has 15 heavy (non-hydrogen) atoms. The molecule has 0 heterocycles. The average Bonchev–Trinajstić information content (AvgIpc) is 2.31. The maximum atomic E-state index is 2.36. The van der Waals surface area contributed by atoms with Crippen LogP contribution in [0.5, 0.6) is 0 Å². The molecule has 0 amide bonds. The predicted molar refractivity (Wildman–Crippen MR) is 70.5 cm³/mol. The van der Waals surface area contributed by atoms with Gasteiger partial charge in [0.1, 0.15) is 0 Å². The lowest BCUT2D eigenvalue weighted by atomic mass is 9.87. The molecule has 0 aromatic heterocycles. The van der Waals surface area contributed by atoms with Gasteiger partial charge >= 0.3 is 0 Å². The number of hydrogen-bond acceptors (Lipinski definition) is 1. The highest BCUT2D eigenvalue weighted by molar-refractivity contribution is 8.00. The van der Waals surface area contributed by atoms with E-state index in [-0.39, 0.29) is 0 Å². The van der Waals surface area contributed by atoms with Gasteiger partial charge in [0.2, 0.25) is 0 Å². The van der Waals surface area contributed by atoms with Gasteiger partial charge in [-0.25, -0.2) is 0 Å². The Balaban J connectivity index is 1.67. The summed E-state index contributed by atoms with van der Waals surface area (Å²) in [6, 6.07) is 0. The van der Waals surface area contributed by atoms with E-state index < -0.39 is 0 Å². The SMILES string of the molecule is CCC1CCC(SC2CCCCC2)CC1. The maximum Gasteiger partial charge on any atom is 0.00500 e. The van der Waals surface area contributed by atoms with Gasteiger partial charge in [0, 0.05) is 10.5 Å². The molecule has 88 valence electrons. The monoisotopic (exact) mass is 226 g/mol. The number of hydrogen-bond donors (Lipinski definition) is 0. The molecular weight excluding hydrogens is 200 g/mol. The van der Waals surface area contributed by atoms with Gasteiger partial charge in [-0.3, -0.25) is 0 Å². The fraction of sp³-hybridized carbons (Fsp3) is 1.00. The van der Waals surface area contributed by atoms with E-state index in [0.29, 0.717) is 0 Å². The van der Waals surface area contributed by atoms with E-state index in [1.165, 1.54) is 64.2 Å². The zero-order chi connectivity index (χ0) is 10.5. The Hall–Kier alpha value is 0.350. The summed E-state index contributed by atoms with van der Waals surface area (Å²) in [7, 11) is 0. The molecule has 2 fully saturated rings. The van der Waals surface area contributed by atoms with Crippen molar-refractivity contribution in [3.63, 3.8) is 0 Å². The molecule has 2 rings (SSSR count). The summed E-state index contributed by atoms with van der Waals surface area (Å²) in [5, 5.41) is 2.05. The van der Waals surface area contributed by atoms with E-state index in [4.69, 9.17) is 0 Å². The van der Waals surface area contributed by atoms with Crippen LogP contribution in [-0.4, -0.2) is 10.5 Å². The molecule has 0 N–H and O–H groups in total. The summed E-state index contributed by atoms with van der Waals surface area (Å²) in [6.07, 6.45) is 15.0. The third-order valence-corrected chi connectivity index (χ3v) is 6.02. The summed E-state index contributed by atoms with van der Waals surface area (Å²) < 4.78 is 0. The van der Waals surface area contributed by atoms with E-state index in [1.54, 1.807) is 0 Å². The summed E-state index contributed by atoms with van der Waals surface area (Å²) >= 11 is 2.35. The molecule has 0 spiro atoms. The highest BCUT2D eigenvalue weighted by Crippen LogP contribution is 2.39. The molecular formula is C14H26S. The quantitative estimate of drug-likeness (QED) is 0.651. The van der Waals surface area contributed by atoms with Crippen molar-refractivity contribution in [3.05, 3.63) is 0 Å². The molecule has 0 aromatic rings. The van der Waals surface area contributed by atoms with Crippen molar-refractivity contribution in [2.45, 2.75) is 81.6 Å². The highest BCUT2D eigenvalue weighted by Gasteiger charge is 2.24. The minimum Gasteiger partial charge on any atom is -0.155 e. The Kier molecular flexibility index (Phi) is 4.87. The van der Waals surface area contributed by atoms with Crippen LogP contribution in [0.15, 0.2) is 0 Å². The molecule has 0 radical (unpaired) electrons. The van der Waals surface area contributed by atoms with Crippen molar-refractivity contribution < 1.29 is 0 Å². The summed E-state index contributed by atoms with van der Waals surface area (Å²) in [4.78, 5) is 0. The smallest absolute Gasteiger partial charge is 0.00500 e. The summed E-state index contributed by atoms with van der Waals surface area (Å²) in [5.41, 5.74) is 0. The predicted octanol–water partition coefficient (Wildman–Crippen LogP) is 5.02. The van der Waals surface area contributed by atoms with E-state index >= 15 is 0 Å². The lowest BCUT2D eigenvalue weighted by Crippen LogP contribution is -2.20. The van der Waals surface area contributed by atoms with Gasteiger partial charge in [-0.2, -0.15) is 11.8 Å². The molecule has 0 atom stereocenters. The Morgan fingerprint density at radius 2 is 1.40 bits per heavy atom. The van der Waals surface area contributed by atoms with Crippen LogP contribution in [0.4, 0.5) is 0 Å². The Bertz CT molecular complexity index is 164. The third kappa shape index (κ3) is 3.69. The van der Waals surface area contributed by atoms with Crippen LogP contribution in [0, 0.1) is 5.92 Å². The standard InChI is InChI=1S/C14H26S/c1-2-12-8-10-14(11-9-12)15-13-6-4-3-5-7-13/h12-14H,2-11H2,1H3. The molecule has 0 nitrogen and oxygen atoms in total. The first kappa shape index (κ1) is 11.8. The fourth-order valence-corrected chi connectivity index (χ4v) is 4.84.